The van der Waals surface area contributed by atoms with Crippen LogP contribution in [0.4, 0.5) is 18.3 Å². The molecule has 7 nitrogen and oxygen atoms in total. The van der Waals surface area contributed by atoms with Gasteiger partial charge < -0.3 is 20.3 Å². The molecule has 1 saturated heterocycles. The Morgan fingerprint density at radius 2 is 2.04 bits per heavy atom. The average Bonchev–Trinajstić information content (AvgIpc) is 3.20. The summed E-state index contributed by atoms with van der Waals surface area (Å²) in [7, 11) is 0. The molecule has 1 aliphatic heterocycles. The summed E-state index contributed by atoms with van der Waals surface area (Å²) >= 11 is 7.39. The molecule has 3 rings (SSSR count). The summed E-state index contributed by atoms with van der Waals surface area (Å²) < 4.78 is 43.1. The molecule has 12 heteroatoms. The number of ether oxygens (including phenoxy) is 1. The highest BCUT2D eigenvalue weighted by Gasteiger charge is 2.31. The van der Waals surface area contributed by atoms with E-state index in [0.29, 0.717) is 12.2 Å². The molecule has 0 bridgehead atoms. The molecule has 0 aliphatic carbocycles. The number of guanidine groups is 1. The molecule has 2 aromatic rings. The second-order valence-corrected chi connectivity index (χ2v) is 7.17. The fraction of sp³-hybridized carbons (Fsp3) is 0.438. The van der Waals surface area contributed by atoms with Crippen LogP contribution in [0.5, 0.6) is 5.88 Å². The Morgan fingerprint density at radius 3 is 2.64 bits per heavy atom. The predicted octanol–water partition coefficient (Wildman–Crippen LogP) is 2.73. The highest BCUT2D eigenvalue weighted by atomic mass is 35.5. The molecule has 0 aromatic carbocycles. The molecule has 0 spiro atoms. The molecule has 0 amide bonds. The zero-order valence-corrected chi connectivity index (χ0v) is 16.3. The van der Waals surface area contributed by atoms with E-state index in [-0.39, 0.29) is 24.1 Å². The van der Waals surface area contributed by atoms with Crippen LogP contribution in [0, 0.1) is 0 Å². The van der Waals surface area contributed by atoms with Crippen LogP contribution in [0.25, 0.3) is 0 Å². The van der Waals surface area contributed by atoms with Gasteiger partial charge in [0.15, 0.2) is 11.1 Å². The van der Waals surface area contributed by atoms with E-state index < -0.39 is 11.7 Å². The van der Waals surface area contributed by atoms with Crippen molar-refractivity contribution in [1.29, 1.82) is 0 Å². The number of aromatic nitrogens is 2. The highest BCUT2D eigenvalue weighted by molar-refractivity contribution is 7.13. The Bertz CT molecular complexity index is 809. The predicted molar refractivity (Wildman–Crippen MR) is 102 cm³/mol. The van der Waals surface area contributed by atoms with Crippen molar-refractivity contribution in [3.8, 4) is 5.88 Å². The first-order chi connectivity index (χ1) is 13.3. The van der Waals surface area contributed by atoms with E-state index in [1.807, 2.05) is 10.3 Å². The SMILES string of the molecule is NC(=NCCOc1ncc(C(F)(F)F)cc1Cl)N1CCN(c2nccs2)CC1. The minimum Gasteiger partial charge on any atom is -0.475 e. The van der Waals surface area contributed by atoms with Gasteiger partial charge in [0, 0.05) is 44.0 Å². The maximum absolute atomic E-state index is 12.6. The number of anilines is 1. The van der Waals surface area contributed by atoms with Crippen molar-refractivity contribution < 1.29 is 17.9 Å². The van der Waals surface area contributed by atoms with Gasteiger partial charge in [-0.15, -0.1) is 11.3 Å². The van der Waals surface area contributed by atoms with E-state index in [2.05, 4.69) is 19.9 Å². The van der Waals surface area contributed by atoms with Crippen LogP contribution in [-0.4, -0.2) is 60.2 Å². The quantitative estimate of drug-likeness (QED) is 0.443. The average molecular weight is 435 g/mol. The second-order valence-electron chi connectivity index (χ2n) is 5.89. The molecule has 152 valence electrons. The van der Waals surface area contributed by atoms with Crippen molar-refractivity contribution in [3.63, 3.8) is 0 Å². The molecule has 28 heavy (non-hydrogen) atoms. The van der Waals surface area contributed by atoms with E-state index in [9.17, 15) is 13.2 Å². The number of rotatable bonds is 5. The van der Waals surface area contributed by atoms with E-state index in [1.165, 1.54) is 0 Å². The van der Waals surface area contributed by atoms with Crippen molar-refractivity contribution in [2.45, 2.75) is 6.18 Å². The fourth-order valence-electron chi connectivity index (χ4n) is 2.59. The third kappa shape index (κ3) is 5.16. The molecule has 3 heterocycles. The molecule has 2 aromatic heterocycles. The molecule has 1 aliphatic rings. The van der Waals surface area contributed by atoms with Gasteiger partial charge in [-0.2, -0.15) is 13.2 Å². The largest absolute Gasteiger partial charge is 0.475 e. The van der Waals surface area contributed by atoms with Gasteiger partial charge in [-0.25, -0.2) is 15.0 Å². The summed E-state index contributed by atoms with van der Waals surface area (Å²) in [4.78, 5) is 16.3. The van der Waals surface area contributed by atoms with Crippen LogP contribution in [0.1, 0.15) is 5.56 Å². The maximum Gasteiger partial charge on any atom is 0.417 e. The Morgan fingerprint density at radius 1 is 1.29 bits per heavy atom. The van der Waals surface area contributed by atoms with Crippen LogP contribution >= 0.6 is 22.9 Å². The first-order valence-electron chi connectivity index (χ1n) is 8.39. The first-order valence-corrected chi connectivity index (χ1v) is 9.65. The van der Waals surface area contributed by atoms with E-state index in [0.717, 1.165) is 37.4 Å². The topological polar surface area (TPSA) is 79.9 Å². The Balaban J connectivity index is 1.45. The van der Waals surface area contributed by atoms with Gasteiger partial charge in [0.2, 0.25) is 5.88 Å². The normalized spacial score (nSPS) is 15.8. The molecule has 0 radical (unpaired) electrons. The van der Waals surface area contributed by atoms with Crippen LogP contribution in [0.3, 0.4) is 0 Å². The number of piperazine rings is 1. The van der Waals surface area contributed by atoms with Crippen molar-refractivity contribution in [1.82, 2.24) is 14.9 Å². The summed E-state index contributed by atoms with van der Waals surface area (Å²) in [5, 5.41) is 2.73. The Labute approximate surface area is 168 Å². The van der Waals surface area contributed by atoms with Gasteiger partial charge >= 0.3 is 6.18 Å². The zero-order valence-electron chi connectivity index (χ0n) is 14.7. The lowest BCUT2D eigenvalue weighted by atomic mass is 10.3. The number of alkyl halides is 3. The van der Waals surface area contributed by atoms with E-state index in [1.54, 1.807) is 17.5 Å². The summed E-state index contributed by atoms with van der Waals surface area (Å²) in [6, 6.07) is 0.781. The van der Waals surface area contributed by atoms with E-state index >= 15 is 0 Å². The lowest BCUT2D eigenvalue weighted by Gasteiger charge is -2.35. The number of hydrogen-bond donors (Lipinski definition) is 1. The Hall–Kier alpha value is -2.27. The second kappa shape index (κ2) is 8.82. The first kappa shape index (κ1) is 20.5. The van der Waals surface area contributed by atoms with Gasteiger partial charge in [-0.3, -0.25) is 0 Å². The minimum atomic E-state index is -4.50. The third-order valence-electron chi connectivity index (χ3n) is 4.03. The molecular formula is C16H18ClF3N6OS. The van der Waals surface area contributed by atoms with Crippen LogP contribution in [0.2, 0.25) is 5.02 Å². The van der Waals surface area contributed by atoms with Crippen molar-refractivity contribution in [3.05, 3.63) is 34.4 Å². The van der Waals surface area contributed by atoms with Gasteiger partial charge in [0.05, 0.1) is 12.1 Å². The number of hydrogen-bond acceptors (Lipinski definition) is 6. The number of nitrogens with two attached hydrogens (primary N) is 1. The maximum atomic E-state index is 12.6. The van der Waals surface area contributed by atoms with Crippen LogP contribution < -0.4 is 15.4 Å². The summed E-state index contributed by atoms with van der Waals surface area (Å²) in [6.07, 6.45) is -2.04. The number of nitrogens with zero attached hydrogens (tertiary/aromatic N) is 5. The van der Waals surface area contributed by atoms with Crippen molar-refractivity contribution in [2.24, 2.45) is 10.7 Å². The number of pyridine rings is 1. The number of thiazole rings is 1. The number of halogens is 4. The van der Waals surface area contributed by atoms with Crippen LogP contribution in [-0.2, 0) is 6.18 Å². The molecule has 1 fully saturated rings. The molecule has 0 unspecified atom stereocenters. The minimum absolute atomic E-state index is 0.0690. The number of aliphatic imine (C=N–C) groups is 1. The molecule has 0 atom stereocenters. The van der Waals surface area contributed by atoms with Gasteiger partial charge in [0.25, 0.3) is 0 Å². The van der Waals surface area contributed by atoms with Gasteiger partial charge in [0.1, 0.15) is 11.6 Å². The molecular weight excluding hydrogens is 417 g/mol. The summed E-state index contributed by atoms with van der Waals surface area (Å²) in [5.41, 5.74) is 5.08. The fourth-order valence-corrected chi connectivity index (χ4v) is 3.51. The lowest BCUT2D eigenvalue weighted by molar-refractivity contribution is -0.137. The highest BCUT2D eigenvalue weighted by Crippen LogP contribution is 2.33. The van der Waals surface area contributed by atoms with Gasteiger partial charge in [-0.05, 0) is 6.07 Å². The van der Waals surface area contributed by atoms with Crippen LogP contribution in [0.15, 0.2) is 28.8 Å². The van der Waals surface area contributed by atoms with Crippen molar-refractivity contribution in [2.75, 3.05) is 44.2 Å². The summed E-state index contributed by atoms with van der Waals surface area (Å²) in [6.45, 7) is 3.37. The van der Waals surface area contributed by atoms with Gasteiger partial charge in [-0.1, -0.05) is 11.6 Å². The van der Waals surface area contributed by atoms with Crippen molar-refractivity contribution >= 4 is 34.0 Å². The zero-order chi connectivity index (χ0) is 20.1. The third-order valence-corrected chi connectivity index (χ3v) is 5.14. The lowest BCUT2D eigenvalue weighted by Crippen LogP contribution is -2.51. The molecule has 0 saturated carbocycles. The summed E-state index contributed by atoms with van der Waals surface area (Å²) in [5.74, 6) is 0.328. The Kier molecular flexibility index (Phi) is 6.45. The van der Waals surface area contributed by atoms with E-state index in [4.69, 9.17) is 22.1 Å². The molecule has 2 N–H and O–H groups in total. The monoisotopic (exact) mass is 434 g/mol. The standard InChI is InChI=1S/C16H18ClF3N6OS/c17-12-9-11(16(18,19)20)10-24-13(12)27-7-1-22-14(21)25-3-5-26(6-4-25)15-23-2-8-28-15/h2,8-10H,1,3-7H2,(H2,21,22). The smallest absolute Gasteiger partial charge is 0.417 e.